The number of hydrogen-bond donors (Lipinski definition) is 1. The van der Waals surface area contributed by atoms with Gasteiger partial charge in [0.2, 0.25) is 5.82 Å². The molecular weight excluding hydrogens is 244 g/mol. The Bertz CT molecular complexity index is 391. The summed E-state index contributed by atoms with van der Waals surface area (Å²) in [6.07, 6.45) is -8.56. The minimum atomic E-state index is -5.36. The van der Waals surface area contributed by atoms with Gasteiger partial charge in [0.25, 0.3) is 6.43 Å². The number of ether oxygens (including phenoxy) is 1. The van der Waals surface area contributed by atoms with E-state index in [-0.39, 0.29) is 6.20 Å². The summed E-state index contributed by atoms with van der Waals surface area (Å²) in [7, 11) is 0. The fraction of sp³-hybridized carbons (Fsp3) is 0.286. The van der Waals surface area contributed by atoms with Crippen LogP contribution in [-0.2, 0) is 0 Å². The Morgan fingerprint density at radius 3 is 2.31 bits per heavy atom. The zero-order valence-corrected chi connectivity index (χ0v) is 7.23. The molecule has 0 aliphatic carbocycles. The molecule has 3 nitrogen and oxygen atoms in total. The van der Waals surface area contributed by atoms with Crippen molar-refractivity contribution in [1.29, 1.82) is 0 Å². The van der Waals surface area contributed by atoms with E-state index in [1.807, 2.05) is 0 Å². The molecule has 90 valence electrons. The smallest absolute Gasteiger partial charge is 0.504 e. The lowest BCUT2D eigenvalue weighted by atomic mass is 10.3. The van der Waals surface area contributed by atoms with Crippen molar-refractivity contribution >= 4 is 0 Å². The highest BCUT2D eigenvalue weighted by Gasteiger charge is 2.36. The molecule has 0 atom stereocenters. The van der Waals surface area contributed by atoms with E-state index in [1.54, 1.807) is 0 Å². The van der Waals surface area contributed by atoms with E-state index in [0.29, 0.717) is 0 Å². The summed E-state index contributed by atoms with van der Waals surface area (Å²) in [5, 5.41) is 8.67. The fourth-order valence-corrected chi connectivity index (χ4v) is 0.843. The average molecular weight is 247 g/mol. The Morgan fingerprint density at radius 2 is 1.88 bits per heavy atom. The number of aromatic nitrogens is 1. The molecule has 0 amide bonds. The Balaban J connectivity index is 3.26. The lowest BCUT2D eigenvalue weighted by molar-refractivity contribution is -0.276. The third-order valence-corrected chi connectivity index (χ3v) is 1.41. The maximum Gasteiger partial charge on any atom is 0.573 e. The summed E-state index contributed by atoms with van der Waals surface area (Å²) in [6, 6.07) is 0. The van der Waals surface area contributed by atoms with Crippen LogP contribution < -0.4 is 4.74 Å². The van der Waals surface area contributed by atoms with Crippen LogP contribution in [-0.4, -0.2) is 16.5 Å². The molecule has 0 aliphatic rings. The van der Waals surface area contributed by atoms with Crippen molar-refractivity contribution in [2.24, 2.45) is 0 Å². The van der Waals surface area contributed by atoms with Crippen molar-refractivity contribution in [1.82, 2.24) is 4.98 Å². The van der Waals surface area contributed by atoms with Gasteiger partial charge in [-0.3, -0.25) is 0 Å². The van der Waals surface area contributed by atoms with Crippen LogP contribution in [0.5, 0.6) is 11.5 Å². The van der Waals surface area contributed by atoms with E-state index in [4.69, 9.17) is 5.11 Å². The first-order chi connectivity index (χ1) is 7.22. The third kappa shape index (κ3) is 2.67. The second kappa shape index (κ2) is 4.06. The van der Waals surface area contributed by atoms with Crippen LogP contribution in [0.3, 0.4) is 0 Å². The molecule has 1 rings (SSSR count). The van der Waals surface area contributed by atoms with E-state index in [0.717, 1.165) is 0 Å². The highest BCUT2D eigenvalue weighted by atomic mass is 19.4. The van der Waals surface area contributed by atoms with Crippen LogP contribution in [0.2, 0.25) is 0 Å². The van der Waals surface area contributed by atoms with Crippen LogP contribution in [0, 0.1) is 5.82 Å². The van der Waals surface area contributed by atoms with Crippen molar-refractivity contribution in [2.45, 2.75) is 12.8 Å². The summed E-state index contributed by atoms with van der Waals surface area (Å²) in [4.78, 5) is 2.76. The highest BCUT2D eigenvalue weighted by molar-refractivity contribution is 5.37. The second-order valence-corrected chi connectivity index (χ2v) is 2.52. The molecule has 1 heterocycles. The van der Waals surface area contributed by atoms with Gasteiger partial charge in [0.15, 0.2) is 17.2 Å². The zero-order chi connectivity index (χ0) is 12.5. The molecule has 9 heteroatoms. The molecule has 0 radical (unpaired) electrons. The van der Waals surface area contributed by atoms with Crippen LogP contribution in [0.4, 0.5) is 26.3 Å². The quantitative estimate of drug-likeness (QED) is 0.817. The monoisotopic (exact) mass is 247 g/mol. The molecule has 0 fully saturated rings. The number of alkyl halides is 5. The molecule has 0 saturated carbocycles. The molecule has 1 aromatic rings. The molecule has 1 N–H and O–H groups in total. The van der Waals surface area contributed by atoms with Gasteiger partial charge in [0.05, 0.1) is 6.20 Å². The van der Waals surface area contributed by atoms with E-state index in [2.05, 4.69) is 9.72 Å². The molecule has 1 aromatic heterocycles. The average Bonchev–Trinajstić information content (AvgIpc) is 2.10. The number of aromatic hydroxyl groups is 1. The van der Waals surface area contributed by atoms with E-state index in [1.165, 1.54) is 0 Å². The molecular formula is C7H3F6NO2. The van der Waals surface area contributed by atoms with Gasteiger partial charge in [-0.1, -0.05) is 0 Å². The molecule has 0 bridgehead atoms. The van der Waals surface area contributed by atoms with Gasteiger partial charge in [-0.25, -0.2) is 13.8 Å². The standard InChI is InChI=1S/C7H3F6NO2/c8-3-2(15)1-14-4(6(9)10)5(3)16-7(11,12)13/h1,6,15H. The summed E-state index contributed by atoms with van der Waals surface area (Å²) in [6.45, 7) is 0. The minimum absolute atomic E-state index is 0.264. The summed E-state index contributed by atoms with van der Waals surface area (Å²) in [5.41, 5.74) is -1.53. The van der Waals surface area contributed by atoms with E-state index in [9.17, 15) is 26.3 Å². The number of halogens is 6. The third-order valence-electron chi connectivity index (χ3n) is 1.41. The fourth-order valence-electron chi connectivity index (χ4n) is 0.843. The number of hydrogen-bond acceptors (Lipinski definition) is 3. The van der Waals surface area contributed by atoms with Crippen LogP contribution in [0.1, 0.15) is 12.1 Å². The first kappa shape index (κ1) is 12.4. The van der Waals surface area contributed by atoms with E-state index >= 15 is 0 Å². The SMILES string of the molecule is Oc1cnc(C(F)F)c(OC(F)(F)F)c1F. The first-order valence-corrected chi connectivity index (χ1v) is 3.63. The van der Waals surface area contributed by atoms with Gasteiger partial charge < -0.3 is 9.84 Å². The number of pyridine rings is 1. The number of rotatable bonds is 2. The number of nitrogens with zero attached hydrogens (tertiary/aromatic N) is 1. The predicted octanol–water partition coefficient (Wildman–Crippen LogP) is 2.76. The summed E-state index contributed by atoms with van der Waals surface area (Å²) < 4.78 is 75.5. The molecule has 0 aromatic carbocycles. The van der Waals surface area contributed by atoms with Crippen LogP contribution in [0.25, 0.3) is 0 Å². The Labute approximate surface area is 84.3 Å². The Kier molecular flexibility index (Phi) is 3.15. The van der Waals surface area contributed by atoms with Gasteiger partial charge >= 0.3 is 6.36 Å². The van der Waals surface area contributed by atoms with Gasteiger partial charge in [0.1, 0.15) is 0 Å². The van der Waals surface area contributed by atoms with Crippen molar-refractivity contribution in [2.75, 3.05) is 0 Å². The van der Waals surface area contributed by atoms with Gasteiger partial charge in [0, 0.05) is 0 Å². The van der Waals surface area contributed by atoms with Gasteiger partial charge in [-0.15, -0.1) is 13.2 Å². The van der Waals surface area contributed by atoms with Crippen LogP contribution in [0.15, 0.2) is 6.20 Å². The second-order valence-electron chi connectivity index (χ2n) is 2.52. The van der Waals surface area contributed by atoms with E-state index < -0.39 is 35.8 Å². The topological polar surface area (TPSA) is 42.4 Å². The molecule has 0 unspecified atom stereocenters. The van der Waals surface area contributed by atoms with Crippen molar-refractivity contribution in [3.05, 3.63) is 17.7 Å². The van der Waals surface area contributed by atoms with Crippen molar-refractivity contribution in [3.8, 4) is 11.5 Å². The van der Waals surface area contributed by atoms with Gasteiger partial charge in [-0.2, -0.15) is 4.39 Å². The largest absolute Gasteiger partial charge is 0.573 e. The summed E-state index contributed by atoms with van der Waals surface area (Å²) in [5.74, 6) is -5.09. The highest BCUT2D eigenvalue weighted by Crippen LogP contribution is 2.36. The predicted molar refractivity (Wildman–Crippen MR) is 37.5 cm³/mol. The zero-order valence-electron chi connectivity index (χ0n) is 7.23. The normalized spacial score (nSPS) is 11.9. The van der Waals surface area contributed by atoms with Crippen LogP contribution >= 0.6 is 0 Å². The Hall–Kier alpha value is -1.67. The lowest BCUT2D eigenvalue weighted by Gasteiger charge is -2.13. The first-order valence-electron chi connectivity index (χ1n) is 3.63. The molecule has 0 aliphatic heterocycles. The molecule has 0 spiro atoms. The minimum Gasteiger partial charge on any atom is -0.504 e. The maximum atomic E-state index is 12.9. The van der Waals surface area contributed by atoms with Crippen molar-refractivity contribution < 1.29 is 36.2 Å². The summed E-state index contributed by atoms with van der Waals surface area (Å²) >= 11 is 0. The molecule has 0 saturated heterocycles. The maximum absolute atomic E-state index is 12.9. The lowest BCUT2D eigenvalue weighted by Crippen LogP contribution is -2.19. The Morgan fingerprint density at radius 1 is 1.31 bits per heavy atom. The molecule has 16 heavy (non-hydrogen) atoms. The van der Waals surface area contributed by atoms with Crippen molar-refractivity contribution in [3.63, 3.8) is 0 Å². The van der Waals surface area contributed by atoms with Gasteiger partial charge in [-0.05, 0) is 0 Å².